The van der Waals surface area contributed by atoms with Gasteiger partial charge in [0.05, 0.1) is 0 Å². The summed E-state index contributed by atoms with van der Waals surface area (Å²) in [6.07, 6.45) is 0.291. The Morgan fingerprint density at radius 1 is 1.05 bits per heavy atom. The number of nitrogens with one attached hydrogen (secondary N) is 1. The first-order valence-corrected chi connectivity index (χ1v) is 6.97. The Labute approximate surface area is 128 Å². The van der Waals surface area contributed by atoms with Crippen LogP contribution in [0.25, 0.3) is 0 Å². The third kappa shape index (κ3) is 3.63. The summed E-state index contributed by atoms with van der Waals surface area (Å²) >= 11 is 3.30. The molecule has 0 aliphatic rings. The number of benzene rings is 2. The second kappa shape index (κ2) is 6.58. The number of halogens is 5. The molecule has 0 radical (unpaired) electrons. The maximum Gasteiger partial charge on any atom is 0.194 e. The molecule has 112 valence electrons. The summed E-state index contributed by atoms with van der Waals surface area (Å²) in [5, 5.41) is 2.89. The molecule has 1 atom stereocenters. The summed E-state index contributed by atoms with van der Waals surface area (Å²) in [7, 11) is 1.61. The fraction of sp³-hybridized carbons (Fsp3) is 0.200. The van der Waals surface area contributed by atoms with Gasteiger partial charge >= 0.3 is 0 Å². The van der Waals surface area contributed by atoms with E-state index >= 15 is 0 Å². The van der Waals surface area contributed by atoms with Gasteiger partial charge < -0.3 is 5.32 Å². The Balaban J connectivity index is 2.34. The molecule has 0 fully saturated rings. The van der Waals surface area contributed by atoms with E-state index in [-0.39, 0.29) is 5.56 Å². The number of likely N-dealkylation sites (N-methyl/N-ethyl adjacent to an activating group) is 1. The van der Waals surface area contributed by atoms with E-state index in [2.05, 4.69) is 21.2 Å². The molecule has 2 aromatic rings. The van der Waals surface area contributed by atoms with Crippen molar-refractivity contribution in [3.63, 3.8) is 0 Å². The van der Waals surface area contributed by atoms with Crippen molar-refractivity contribution in [1.29, 1.82) is 0 Å². The standard InChI is InChI=1S/C15H12BrF4N/c1-21-14(7-8-4-10(17)2-3-11(8)16)9-5-12(18)15(20)13(19)6-9/h2-6,14,21H,7H2,1H3. The molecule has 2 aromatic carbocycles. The first kappa shape index (κ1) is 16.0. The molecule has 0 aliphatic carbocycles. The number of hydrogen-bond acceptors (Lipinski definition) is 1. The van der Waals surface area contributed by atoms with Crippen LogP contribution in [0, 0.1) is 23.3 Å². The van der Waals surface area contributed by atoms with Crippen LogP contribution in [0.3, 0.4) is 0 Å². The predicted octanol–water partition coefficient (Wildman–Crippen LogP) is 4.51. The maximum absolute atomic E-state index is 13.3. The summed E-state index contributed by atoms with van der Waals surface area (Å²) in [5.41, 5.74) is 0.893. The van der Waals surface area contributed by atoms with Crippen LogP contribution in [0.2, 0.25) is 0 Å². The van der Waals surface area contributed by atoms with Crippen molar-refractivity contribution in [2.75, 3.05) is 7.05 Å². The lowest BCUT2D eigenvalue weighted by atomic mass is 9.98. The van der Waals surface area contributed by atoms with Crippen LogP contribution in [0.5, 0.6) is 0 Å². The molecule has 1 nitrogen and oxygen atoms in total. The SMILES string of the molecule is CNC(Cc1cc(F)ccc1Br)c1cc(F)c(F)c(F)c1. The first-order valence-electron chi connectivity index (χ1n) is 6.18. The molecule has 0 saturated heterocycles. The highest BCUT2D eigenvalue weighted by Gasteiger charge is 2.18. The first-order chi connectivity index (χ1) is 9.92. The van der Waals surface area contributed by atoms with Gasteiger partial charge in [0.15, 0.2) is 17.5 Å². The highest BCUT2D eigenvalue weighted by molar-refractivity contribution is 9.10. The van der Waals surface area contributed by atoms with E-state index < -0.39 is 29.3 Å². The summed E-state index contributed by atoms with van der Waals surface area (Å²) in [6.45, 7) is 0. The summed E-state index contributed by atoms with van der Waals surface area (Å²) in [6, 6.07) is 5.60. The minimum absolute atomic E-state index is 0.255. The van der Waals surface area contributed by atoms with E-state index in [1.807, 2.05) is 0 Å². The molecule has 0 amide bonds. The zero-order valence-corrected chi connectivity index (χ0v) is 12.6. The van der Waals surface area contributed by atoms with Crippen molar-refractivity contribution in [3.05, 3.63) is 69.2 Å². The molecule has 1 N–H and O–H groups in total. The van der Waals surface area contributed by atoms with E-state index in [9.17, 15) is 17.6 Å². The Bertz CT molecular complexity index is 637. The molecule has 0 heterocycles. The fourth-order valence-corrected chi connectivity index (χ4v) is 2.49. The fourth-order valence-electron chi connectivity index (χ4n) is 2.08. The third-order valence-corrected chi connectivity index (χ3v) is 3.96. The van der Waals surface area contributed by atoms with Crippen LogP contribution >= 0.6 is 15.9 Å². The molecule has 1 unspecified atom stereocenters. The van der Waals surface area contributed by atoms with Gasteiger partial charge in [0.1, 0.15) is 5.82 Å². The minimum atomic E-state index is -1.50. The zero-order chi connectivity index (χ0) is 15.6. The maximum atomic E-state index is 13.3. The normalized spacial score (nSPS) is 12.5. The largest absolute Gasteiger partial charge is 0.313 e. The van der Waals surface area contributed by atoms with Crippen molar-refractivity contribution >= 4 is 15.9 Å². The van der Waals surface area contributed by atoms with Gasteiger partial charge in [-0.05, 0) is 54.9 Å². The van der Waals surface area contributed by atoms with Crippen molar-refractivity contribution in [2.45, 2.75) is 12.5 Å². The average Bonchev–Trinajstić information content (AvgIpc) is 2.45. The topological polar surface area (TPSA) is 12.0 Å². The van der Waals surface area contributed by atoms with E-state index in [4.69, 9.17) is 0 Å². The van der Waals surface area contributed by atoms with Crippen LogP contribution in [0.1, 0.15) is 17.2 Å². The van der Waals surface area contributed by atoms with Crippen LogP contribution in [0.15, 0.2) is 34.8 Å². The molecule has 0 aliphatic heterocycles. The van der Waals surface area contributed by atoms with Crippen molar-refractivity contribution in [2.24, 2.45) is 0 Å². The lowest BCUT2D eigenvalue weighted by molar-refractivity contribution is 0.441. The quantitative estimate of drug-likeness (QED) is 0.624. The number of rotatable bonds is 4. The molecule has 0 saturated carbocycles. The highest BCUT2D eigenvalue weighted by Crippen LogP contribution is 2.26. The van der Waals surface area contributed by atoms with E-state index in [0.29, 0.717) is 16.5 Å². The Morgan fingerprint density at radius 2 is 1.67 bits per heavy atom. The van der Waals surface area contributed by atoms with Crippen LogP contribution in [-0.4, -0.2) is 7.05 Å². The summed E-state index contributed by atoms with van der Waals surface area (Å²) in [4.78, 5) is 0. The number of hydrogen-bond donors (Lipinski definition) is 1. The van der Waals surface area contributed by atoms with Gasteiger partial charge in [-0.1, -0.05) is 15.9 Å². The van der Waals surface area contributed by atoms with Crippen LogP contribution in [0.4, 0.5) is 17.6 Å². The Hall–Kier alpha value is -1.40. The second-order valence-corrected chi connectivity index (χ2v) is 5.43. The Kier molecular flexibility index (Phi) is 5.00. The lowest BCUT2D eigenvalue weighted by Gasteiger charge is -2.18. The molecular formula is C15H12BrF4N. The smallest absolute Gasteiger partial charge is 0.194 e. The molecule has 2 rings (SSSR count). The second-order valence-electron chi connectivity index (χ2n) is 4.58. The van der Waals surface area contributed by atoms with E-state index in [0.717, 1.165) is 12.1 Å². The molecule has 0 spiro atoms. The van der Waals surface area contributed by atoms with Crippen LogP contribution < -0.4 is 5.32 Å². The molecule has 0 aromatic heterocycles. The average molecular weight is 362 g/mol. The van der Waals surface area contributed by atoms with Gasteiger partial charge in [0.25, 0.3) is 0 Å². The predicted molar refractivity (Wildman–Crippen MR) is 75.9 cm³/mol. The minimum Gasteiger partial charge on any atom is -0.313 e. The van der Waals surface area contributed by atoms with Crippen molar-refractivity contribution < 1.29 is 17.6 Å². The van der Waals surface area contributed by atoms with Gasteiger partial charge in [-0.25, -0.2) is 17.6 Å². The van der Waals surface area contributed by atoms with Crippen LogP contribution in [-0.2, 0) is 6.42 Å². The van der Waals surface area contributed by atoms with Gasteiger partial charge in [-0.3, -0.25) is 0 Å². The third-order valence-electron chi connectivity index (χ3n) is 3.19. The molecule has 6 heteroatoms. The van der Waals surface area contributed by atoms with Crippen molar-refractivity contribution in [1.82, 2.24) is 5.32 Å². The lowest BCUT2D eigenvalue weighted by Crippen LogP contribution is -2.20. The zero-order valence-electron chi connectivity index (χ0n) is 11.1. The van der Waals surface area contributed by atoms with Gasteiger partial charge in [-0.15, -0.1) is 0 Å². The molecule has 0 bridgehead atoms. The van der Waals surface area contributed by atoms with E-state index in [1.54, 1.807) is 13.1 Å². The molecular weight excluding hydrogens is 350 g/mol. The molecule has 21 heavy (non-hydrogen) atoms. The van der Waals surface area contributed by atoms with E-state index in [1.165, 1.54) is 12.1 Å². The summed E-state index contributed by atoms with van der Waals surface area (Å²) in [5.74, 6) is -4.40. The highest BCUT2D eigenvalue weighted by atomic mass is 79.9. The Morgan fingerprint density at radius 3 is 2.24 bits per heavy atom. The van der Waals surface area contributed by atoms with Gasteiger partial charge in [0.2, 0.25) is 0 Å². The monoisotopic (exact) mass is 361 g/mol. The summed E-state index contributed by atoms with van der Waals surface area (Å²) < 4.78 is 53.6. The van der Waals surface area contributed by atoms with Gasteiger partial charge in [-0.2, -0.15) is 0 Å². The van der Waals surface area contributed by atoms with Crippen molar-refractivity contribution in [3.8, 4) is 0 Å². The van der Waals surface area contributed by atoms with Gasteiger partial charge in [0, 0.05) is 10.5 Å².